The van der Waals surface area contributed by atoms with Gasteiger partial charge in [0.15, 0.2) is 0 Å². The normalized spacial score (nSPS) is 12.3. The van der Waals surface area contributed by atoms with Crippen molar-refractivity contribution in [1.29, 1.82) is 0 Å². The molecule has 0 spiro atoms. The van der Waals surface area contributed by atoms with Gasteiger partial charge < -0.3 is 15.5 Å². The van der Waals surface area contributed by atoms with Crippen molar-refractivity contribution in [3.63, 3.8) is 0 Å². The molecule has 20 heavy (non-hydrogen) atoms. The number of aryl methyl sites for hydroxylation is 1. The first-order valence-electron chi connectivity index (χ1n) is 6.49. The van der Waals surface area contributed by atoms with Gasteiger partial charge in [0, 0.05) is 18.7 Å². The number of rotatable bonds is 5. The van der Waals surface area contributed by atoms with Gasteiger partial charge in [-0.25, -0.2) is 4.39 Å². The summed E-state index contributed by atoms with van der Waals surface area (Å²) in [7, 11) is 0. The first-order valence-corrected chi connectivity index (χ1v) is 6.49. The quantitative estimate of drug-likeness (QED) is 0.786. The molecule has 2 rings (SSSR count). The first kappa shape index (κ1) is 14.5. The van der Waals surface area contributed by atoms with Crippen molar-refractivity contribution in [2.24, 2.45) is 0 Å². The minimum atomic E-state index is -0.706. The highest BCUT2D eigenvalue weighted by molar-refractivity contribution is 5.39. The number of hydrogen-bond donors (Lipinski definition) is 3. The van der Waals surface area contributed by atoms with Gasteiger partial charge in [0.25, 0.3) is 0 Å². The molecule has 0 saturated carbocycles. The lowest BCUT2D eigenvalue weighted by Crippen LogP contribution is -2.21. The van der Waals surface area contributed by atoms with E-state index in [9.17, 15) is 14.6 Å². The van der Waals surface area contributed by atoms with E-state index in [1.165, 1.54) is 12.1 Å². The maximum Gasteiger partial charge on any atom is 0.123 e. The highest BCUT2D eigenvalue weighted by Crippen LogP contribution is 2.21. The Balaban J connectivity index is 1.89. The Morgan fingerprint density at radius 1 is 1.15 bits per heavy atom. The van der Waals surface area contributed by atoms with E-state index in [2.05, 4.69) is 5.32 Å². The van der Waals surface area contributed by atoms with Crippen LogP contribution in [-0.2, 0) is 6.54 Å². The molecular weight excluding hydrogens is 257 g/mol. The van der Waals surface area contributed by atoms with E-state index in [1.54, 1.807) is 12.1 Å². The summed E-state index contributed by atoms with van der Waals surface area (Å²) in [6.07, 6.45) is -0.706. The van der Waals surface area contributed by atoms with Crippen molar-refractivity contribution in [2.45, 2.75) is 19.6 Å². The number of phenolic OH excluding ortho intramolecular Hbond substituents is 1. The number of phenols is 1. The number of benzene rings is 2. The number of aromatic hydroxyl groups is 1. The molecule has 2 aromatic rings. The van der Waals surface area contributed by atoms with E-state index in [0.717, 1.165) is 11.1 Å². The fraction of sp³-hybridized carbons (Fsp3) is 0.250. The number of nitrogens with one attached hydrogen (secondary N) is 1. The molecule has 0 aromatic heterocycles. The minimum absolute atomic E-state index is 0.274. The molecule has 2 aromatic carbocycles. The van der Waals surface area contributed by atoms with Gasteiger partial charge >= 0.3 is 0 Å². The Morgan fingerprint density at radius 2 is 1.85 bits per heavy atom. The van der Waals surface area contributed by atoms with Crippen LogP contribution in [0.5, 0.6) is 5.75 Å². The fourth-order valence-electron chi connectivity index (χ4n) is 2.01. The zero-order valence-corrected chi connectivity index (χ0v) is 11.3. The Hall–Kier alpha value is -1.91. The Bertz CT molecular complexity index is 569. The average molecular weight is 275 g/mol. The van der Waals surface area contributed by atoms with Crippen molar-refractivity contribution in [1.82, 2.24) is 5.32 Å². The van der Waals surface area contributed by atoms with E-state index in [-0.39, 0.29) is 11.6 Å². The number of halogens is 1. The summed E-state index contributed by atoms with van der Waals surface area (Å²) in [5.74, 6) is -0.0464. The summed E-state index contributed by atoms with van der Waals surface area (Å²) in [6, 6.07) is 11.3. The molecule has 1 atom stereocenters. The van der Waals surface area contributed by atoms with Crippen LogP contribution in [0.2, 0.25) is 0 Å². The molecule has 0 heterocycles. The largest absolute Gasteiger partial charge is 0.507 e. The molecule has 3 nitrogen and oxygen atoms in total. The maximum atomic E-state index is 12.8. The third-order valence-electron chi connectivity index (χ3n) is 3.23. The van der Waals surface area contributed by atoms with Crippen LogP contribution >= 0.6 is 0 Å². The zero-order valence-electron chi connectivity index (χ0n) is 11.3. The molecule has 3 N–H and O–H groups in total. The van der Waals surface area contributed by atoms with Crippen LogP contribution in [0.1, 0.15) is 22.8 Å². The number of para-hydroxylation sites is 1. The van der Waals surface area contributed by atoms with Crippen molar-refractivity contribution in [2.75, 3.05) is 6.54 Å². The van der Waals surface area contributed by atoms with Crippen LogP contribution in [0.25, 0.3) is 0 Å². The number of aliphatic hydroxyl groups excluding tert-OH is 1. The van der Waals surface area contributed by atoms with E-state index in [0.29, 0.717) is 18.7 Å². The smallest absolute Gasteiger partial charge is 0.123 e. The summed E-state index contributed by atoms with van der Waals surface area (Å²) in [6.45, 7) is 2.64. The van der Waals surface area contributed by atoms with Gasteiger partial charge in [0.05, 0.1) is 6.10 Å². The molecule has 1 unspecified atom stereocenters. The lowest BCUT2D eigenvalue weighted by atomic mass is 10.1. The lowest BCUT2D eigenvalue weighted by Gasteiger charge is -2.13. The summed E-state index contributed by atoms with van der Waals surface area (Å²) in [5, 5.41) is 22.9. The average Bonchev–Trinajstić information content (AvgIpc) is 2.44. The second-order valence-corrected chi connectivity index (χ2v) is 4.78. The SMILES string of the molecule is Cc1cccc(CNCC(O)c2ccc(F)cc2)c1O. The fourth-order valence-corrected chi connectivity index (χ4v) is 2.01. The van der Waals surface area contributed by atoms with Crippen LogP contribution in [0, 0.1) is 12.7 Å². The Labute approximate surface area is 117 Å². The molecule has 106 valence electrons. The van der Waals surface area contributed by atoms with Gasteiger partial charge in [-0.15, -0.1) is 0 Å². The summed E-state index contributed by atoms with van der Waals surface area (Å²) in [4.78, 5) is 0. The molecule has 0 aliphatic rings. The number of aliphatic hydroxyl groups is 1. The molecule has 0 radical (unpaired) electrons. The molecule has 0 aliphatic carbocycles. The van der Waals surface area contributed by atoms with Gasteiger partial charge in [0.2, 0.25) is 0 Å². The van der Waals surface area contributed by atoms with E-state index >= 15 is 0 Å². The molecule has 0 amide bonds. The highest BCUT2D eigenvalue weighted by Gasteiger charge is 2.08. The van der Waals surface area contributed by atoms with Crippen molar-refractivity contribution >= 4 is 0 Å². The second-order valence-electron chi connectivity index (χ2n) is 4.78. The van der Waals surface area contributed by atoms with E-state index < -0.39 is 6.10 Å². The van der Waals surface area contributed by atoms with E-state index in [1.807, 2.05) is 25.1 Å². The summed E-state index contributed by atoms with van der Waals surface area (Å²) in [5.41, 5.74) is 2.27. The highest BCUT2D eigenvalue weighted by atomic mass is 19.1. The van der Waals surface area contributed by atoms with Gasteiger partial charge in [-0.1, -0.05) is 30.3 Å². The predicted octanol–water partition coefficient (Wildman–Crippen LogP) is 2.66. The first-order chi connectivity index (χ1) is 9.58. The lowest BCUT2D eigenvalue weighted by molar-refractivity contribution is 0.174. The molecule has 0 aliphatic heterocycles. The van der Waals surface area contributed by atoms with Crippen molar-refractivity contribution in [3.05, 3.63) is 65.0 Å². The van der Waals surface area contributed by atoms with Gasteiger partial charge in [0.1, 0.15) is 11.6 Å². The molecule has 4 heteroatoms. The van der Waals surface area contributed by atoms with Crippen LogP contribution < -0.4 is 5.32 Å². The standard InChI is InChI=1S/C16H18FNO2/c1-11-3-2-4-13(16(11)20)9-18-10-15(19)12-5-7-14(17)8-6-12/h2-8,15,18-20H,9-10H2,1H3. The third kappa shape index (κ3) is 3.56. The van der Waals surface area contributed by atoms with Crippen LogP contribution in [0.3, 0.4) is 0 Å². The zero-order chi connectivity index (χ0) is 14.5. The second kappa shape index (κ2) is 6.50. The third-order valence-corrected chi connectivity index (χ3v) is 3.23. The topological polar surface area (TPSA) is 52.5 Å². The molecule has 0 fully saturated rings. The molecule has 0 saturated heterocycles. The number of hydrogen-bond acceptors (Lipinski definition) is 3. The van der Waals surface area contributed by atoms with Gasteiger partial charge in [-0.3, -0.25) is 0 Å². The predicted molar refractivity (Wildman–Crippen MR) is 75.9 cm³/mol. The Morgan fingerprint density at radius 3 is 2.55 bits per heavy atom. The van der Waals surface area contributed by atoms with E-state index in [4.69, 9.17) is 0 Å². The van der Waals surface area contributed by atoms with Crippen molar-refractivity contribution in [3.8, 4) is 5.75 Å². The van der Waals surface area contributed by atoms with Crippen LogP contribution in [-0.4, -0.2) is 16.8 Å². The van der Waals surface area contributed by atoms with Gasteiger partial charge in [-0.05, 0) is 30.2 Å². The Kier molecular flexibility index (Phi) is 4.71. The molecule has 0 bridgehead atoms. The summed E-state index contributed by atoms with van der Waals surface area (Å²) >= 11 is 0. The molecular formula is C16H18FNO2. The summed E-state index contributed by atoms with van der Waals surface area (Å²) < 4.78 is 12.8. The van der Waals surface area contributed by atoms with Crippen LogP contribution in [0.15, 0.2) is 42.5 Å². The maximum absolute atomic E-state index is 12.8. The van der Waals surface area contributed by atoms with Crippen LogP contribution in [0.4, 0.5) is 4.39 Å². The van der Waals surface area contributed by atoms with Gasteiger partial charge in [-0.2, -0.15) is 0 Å². The van der Waals surface area contributed by atoms with Crippen molar-refractivity contribution < 1.29 is 14.6 Å². The monoisotopic (exact) mass is 275 g/mol. The minimum Gasteiger partial charge on any atom is -0.507 e.